The smallest absolute Gasteiger partial charge is 0.166 e. The Morgan fingerprint density at radius 1 is 1.21 bits per heavy atom. The van der Waals surface area contributed by atoms with E-state index in [2.05, 4.69) is 17.6 Å². The molecule has 0 saturated heterocycles. The lowest BCUT2D eigenvalue weighted by molar-refractivity contribution is 0.356. The highest BCUT2D eigenvalue weighted by Crippen LogP contribution is 2.22. The van der Waals surface area contributed by atoms with E-state index in [0.29, 0.717) is 0 Å². The van der Waals surface area contributed by atoms with E-state index in [1.54, 1.807) is 0 Å². The molecule has 1 aliphatic rings. The molecule has 1 fully saturated rings. The maximum atomic E-state index is 5.17. The van der Waals surface area contributed by atoms with E-state index >= 15 is 0 Å². The lowest BCUT2D eigenvalue weighted by atomic mass is 9.89. The summed E-state index contributed by atoms with van der Waals surface area (Å²) in [4.78, 5) is 0. The third-order valence-electron chi connectivity index (χ3n) is 2.81. The van der Waals surface area contributed by atoms with E-state index < -0.39 is 0 Å². The second-order valence-corrected chi connectivity index (χ2v) is 4.55. The largest absolute Gasteiger partial charge is 0.363 e. The zero-order valence-corrected chi connectivity index (χ0v) is 9.96. The van der Waals surface area contributed by atoms with Crippen molar-refractivity contribution < 1.29 is 0 Å². The zero-order valence-electron chi connectivity index (χ0n) is 9.14. The first kappa shape index (κ1) is 11.8. The molecule has 0 aromatic heterocycles. The molecule has 14 heavy (non-hydrogen) atoms. The molecule has 82 valence electrons. The molecule has 0 heterocycles. The maximum absolute atomic E-state index is 5.17. The number of hydrogen-bond acceptors (Lipinski definition) is 1. The van der Waals surface area contributed by atoms with Crippen LogP contribution in [0.15, 0.2) is 0 Å². The minimum atomic E-state index is 0.831. The van der Waals surface area contributed by atoms with Gasteiger partial charge in [0.25, 0.3) is 0 Å². The Labute approximate surface area is 92.8 Å². The van der Waals surface area contributed by atoms with Gasteiger partial charge in [0, 0.05) is 13.1 Å². The third kappa shape index (κ3) is 4.80. The summed E-state index contributed by atoms with van der Waals surface area (Å²) in [6.07, 6.45) is 8.12. The van der Waals surface area contributed by atoms with Crippen LogP contribution in [0, 0.1) is 5.92 Å². The van der Waals surface area contributed by atoms with E-state index in [1.165, 1.54) is 32.1 Å². The molecule has 0 bridgehead atoms. The van der Waals surface area contributed by atoms with E-state index in [1.807, 2.05) is 0 Å². The predicted octanol–water partition coefficient (Wildman–Crippen LogP) is 2.44. The molecule has 0 spiro atoms. The molecular formula is C11H22N2S. The Morgan fingerprint density at radius 2 is 1.93 bits per heavy atom. The fourth-order valence-corrected chi connectivity index (χ4v) is 2.11. The molecule has 0 unspecified atom stereocenters. The van der Waals surface area contributed by atoms with Gasteiger partial charge in [0.15, 0.2) is 5.11 Å². The van der Waals surface area contributed by atoms with Crippen LogP contribution < -0.4 is 10.6 Å². The summed E-state index contributed by atoms with van der Waals surface area (Å²) < 4.78 is 0. The summed E-state index contributed by atoms with van der Waals surface area (Å²) in [5.41, 5.74) is 0. The molecule has 0 aromatic rings. The van der Waals surface area contributed by atoms with Gasteiger partial charge in [0.05, 0.1) is 0 Å². The monoisotopic (exact) mass is 214 g/mol. The van der Waals surface area contributed by atoms with Crippen LogP contribution in [0.25, 0.3) is 0 Å². The summed E-state index contributed by atoms with van der Waals surface area (Å²) in [6, 6.07) is 0. The lowest BCUT2D eigenvalue weighted by Crippen LogP contribution is -2.38. The molecular weight excluding hydrogens is 192 g/mol. The van der Waals surface area contributed by atoms with Crippen LogP contribution in [0.1, 0.15) is 45.4 Å². The van der Waals surface area contributed by atoms with Crippen molar-refractivity contribution in [2.24, 2.45) is 5.92 Å². The average Bonchev–Trinajstić information content (AvgIpc) is 2.25. The van der Waals surface area contributed by atoms with Crippen LogP contribution in [0.3, 0.4) is 0 Å². The molecule has 3 heteroatoms. The topological polar surface area (TPSA) is 24.1 Å². The molecule has 0 radical (unpaired) electrons. The molecule has 2 N–H and O–H groups in total. The van der Waals surface area contributed by atoms with Gasteiger partial charge in [-0.1, -0.05) is 26.2 Å². The van der Waals surface area contributed by atoms with E-state index in [9.17, 15) is 0 Å². The van der Waals surface area contributed by atoms with Crippen molar-refractivity contribution in [3.8, 4) is 0 Å². The normalized spacial score (nSPS) is 17.8. The summed E-state index contributed by atoms with van der Waals surface area (Å²) in [6.45, 7) is 4.20. The fourth-order valence-electron chi connectivity index (χ4n) is 1.93. The lowest BCUT2D eigenvalue weighted by Gasteiger charge is -2.22. The fraction of sp³-hybridized carbons (Fsp3) is 0.909. The Kier molecular flexibility index (Phi) is 5.92. The number of thiocarbonyl (C=S) groups is 1. The maximum Gasteiger partial charge on any atom is 0.166 e. The quantitative estimate of drug-likeness (QED) is 0.703. The van der Waals surface area contributed by atoms with Gasteiger partial charge in [-0.15, -0.1) is 0 Å². The Morgan fingerprint density at radius 3 is 2.57 bits per heavy atom. The minimum absolute atomic E-state index is 0.831. The van der Waals surface area contributed by atoms with E-state index in [-0.39, 0.29) is 0 Å². The minimum Gasteiger partial charge on any atom is -0.363 e. The van der Waals surface area contributed by atoms with Crippen LogP contribution in [-0.2, 0) is 0 Å². The molecule has 0 atom stereocenters. The van der Waals surface area contributed by atoms with Crippen LogP contribution in [0.2, 0.25) is 0 Å². The van der Waals surface area contributed by atoms with Crippen molar-refractivity contribution in [2.45, 2.75) is 45.4 Å². The molecule has 0 amide bonds. The molecule has 1 saturated carbocycles. The van der Waals surface area contributed by atoms with Crippen LogP contribution >= 0.6 is 12.2 Å². The van der Waals surface area contributed by atoms with Crippen LogP contribution in [-0.4, -0.2) is 18.2 Å². The van der Waals surface area contributed by atoms with Crippen molar-refractivity contribution in [3.05, 3.63) is 0 Å². The van der Waals surface area contributed by atoms with Gasteiger partial charge in [-0.05, 0) is 37.4 Å². The zero-order chi connectivity index (χ0) is 10.2. The highest BCUT2D eigenvalue weighted by Gasteiger charge is 2.12. The van der Waals surface area contributed by atoms with Gasteiger partial charge in [-0.25, -0.2) is 0 Å². The SMILES string of the molecule is CCCNC(=S)NCC1CCCCC1. The molecule has 2 nitrogen and oxygen atoms in total. The van der Waals surface area contributed by atoms with Gasteiger partial charge >= 0.3 is 0 Å². The Balaban J connectivity index is 2.03. The molecule has 1 aliphatic carbocycles. The van der Waals surface area contributed by atoms with Gasteiger partial charge in [0.2, 0.25) is 0 Å². The summed E-state index contributed by atoms with van der Waals surface area (Å²) in [7, 11) is 0. The Bertz CT molecular complexity index is 165. The van der Waals surface area contributed by atoms with Gasteiger partial charge in [0.1, 0.15) is 0 Å². The highest BCUT2D eigenvalue weighted by atomic mass is 32.1. The summed E-state index contributed by atoms with van der Waals surface area (Å²) >= 11 is 5.17. The number of rotatable bonds is 4. The third-order valence-corrected chi connectivity index (χ3v) is 3.10. The summed E-state index contributed by atoms with van der Waals surface area (Å²) in [5, 5.41) is 7.33. The van der Waals surface area contributed by atoms with E-state index in [0.717, 1.165) is 30.5 Å². The first-order valence-corrected chi connectivity index (χ1v) is 6.25. The first-order valence-electron chi connectivity index (χ1n) is 5.84. The van der Waals surface area contributed by atoms with Crippen molar-refractivity contribution in [3.63, 3.8) is 0 Å². The van der Waals surface area contributed by atoms with E-state index in [4.69, 9.17) is 12.2 Å². The van der Waals surface area contributed by atoms with Crippen molar-refractivity contribution >= 4 is 17.3 Å². The van der Waals surface area contributed by atoms with Gasteiger partial charge in [-0.3, -0.25) is 0 Å². The van der Waals surface area contributed by atoms with Gasteiger partial charge in [-0.2, -0.15) is 0 Å². The Hall–Kier alpha value is -0.310. The molecule has 0 aliphatic heterocycles. The predicted molar refractivity (Wildman–Crippen MR) is 65.5 cm³/mol. The van der Waals surface area contributed by atoms with Crippen molar-refractivity contribution in [2.75, 3.05) is 13.1 Å². The molecule has 0 aromatic carbocycles. The second-order valence-electron chi connectivity index (χ2n) is 4.14. The standard InChI is InChI=1S/C11H22N2S/c1-2-8-12-11(14)13-9-10-6-4-3-5-7-10/h10H,2-9H2,1H3,(H2,12,13,14). The molecule has 1 rings (SSSR count). The highest BCUT2D eigenvalue weighted by molar-refractivity contribution is 7.80. The average molecular weight is 214 g/mol. The first-order chi connectivity index (χ1) is 6.83. The summed E-state index contributed by atoms with van der Waals surface area (Å²) in [5.74, 6) is 0.852. The number of nitrogens with one attached hydrogen (secondary N) is 2. The second kappa shape index (κ2) is 7.04. The van der Waals surface area contributed by atoms with Crippen LogP contribution in [0.5, 0.6) is 0 Å². The van der Waals surface area contributed by atoms with Crippen molar-refractivity contribution in [1.82, 2.24) is 10.6 Å². The van der Waals surface area contributed by atoms with Crippen molar-refractivity contribution in [1.29, 1.82) is 0 Å². The number of hydrogen-bond donors (Lipinski definition) is 2. The van der Waals surface area contributed by atoms with Crippen LogP contribution in [0.4, 0.5) is 0 Å². The van der Waals surface area contributed by atoms with Gasteiger partial charge < -0.3 is 10.6 Å².